The number of aliphatic hydroxyl groups is 12. The molecule has 15 N–H and O–H groups in total. The molecule has 11 unspecified atom stereocenters. The van der Waals surface area contributed by atoms with Crippen LogP contribution in [0.2, 0.25) is 0 Å². The molecule has 0 aliphatic carbocycles. The summed E-state index contributed by atoms with van der Waals surface area (Å²) < 4.78 is 178. The van der Waals surface area contributed by atoms with Gasteiger partial charge in [-0.2, -0.15) is 25.3 Å². The molecular weight excluding hydrogens is 1110 g/mol. The second kappa shape index (κ2) is 31.0. The molecule has 0 aromatic carbocycles. The van der Waals surface area contributed by atoms with Crippen LogP contribution >= 0.6 is 0 Å². The third-order valence-electron chi connectivity index (χ3n) is 12.0. The van der Waals surface area contributed by atoms with Gasteiger partial charge in [-0.15, -0.1) is 0 Å². The highest BCUT2D eigenvalue weighted by Gasteiger charge is 2.54. The SMILES string of the molecule is C.C.C.CC1O[C@@H](OC[C@@H]2C(C)O[C@@H](OC[C@H]3C(O)[C@H](OC[C@H]4C(CO[C@@H]5OC(CO)[C@H](O)[C@@H](OS(=O)(=O)O)C5O)OC(O)C(O)[C@@H]4OS(=O)(=O)O)OC(CO)[C@@H]3O)C(O)[C@H]2OS(=O)(=O)O)C(O)[C@@H](O)[C@@H]1O.F.FF. The largest absolute Gasteiger partial charge is 0.397 e. The third kappa shape index (κ3) is 19.1. The Kier molecular flexibility index (Phi) is 30.4. The highest BCUT2D eigenvalue weighted by Crippen LogP contribution is 2.36. The quantitative estimate of drug-likeness (QED) is 0.0504. The van der Waals surface area contributed by atoms with Gasteiger partial charge >= 0.3 is 31.2 Å². The van der Waals surface area contributed by atoms with Crippen molar-refractivity contribution in [1.29, 1.82) is 0 Å². The van der Waals surface area contributed by atoms with E-state index in [4.69, 9.17) is 60.5 Å². The second-order valence-corrected chi connectivity index (χ2v) is 19.8. The molecule has 5 saturated heterocycles. The van der Waals surface area contributed by atoms with E-state index in [1.165, 1.54) is 13.8 Å². The fourth-order valence-corrected chi connectivity index (χ4v) is 9.81. The van der Waals surface area contributed by atoms with Gasteiger partial charge < -0.3 is 104 Å². The smallest absolute Gasteiger partial charge is 0.394 e. The number of aliphatic hydroxyl groups excluding tert-OH is 12. The van der Waals surface area contributed by atoms with E-state index in [0.717, 1.165) is 0 Å². The minimum Gasteiger partial charge on any atom is -0.394 e. The topological polar surface area (TPSA) is 517 Å². The van der Waals surface area contributed by atoms with Gasteiger partial charge in [0.1, 0.15) is 79.4 Å². The Balaban J connectivity index is 0.00000901. The molecule has 0 aromatic rings. The van der Waals surface area contributed by atoms with Crippen LogP contribution < -0.4 is 0 Å². The van der Waals surface area contributed by atoms with Crippen molar-refractivity contribution in [2.45, 2.75) is 171 Å². The fraction of sp³-hybridized carbons (Fsp3) is 1.00. The van der Waals surface area contributed by atoms with Crippen LogP contribution in [0.4, 0.5) is 13.9 Å². The lowest BCUT2D eigenvalue weighted by Gasteiger charge is -2.46. The van der Waals surface area contributed by atoms with E-state index in [-0.39, 0.29) is 27.0 Å². The Bertz CT molecular complexity index is 1990. The van der Waals surface area contributed by atoms with Gasteiger partial charge in [0.25, 0.3) is 0 Å². The average Bonchev–Trinajstić information content (AvgIpc) is 3.28. The van der Waals surface area contributed by atoms with Crippen LogP contribution in [-0.4, -0.2) is 275 Å². The van der Waals surface area contributed by atoms with E-state index >= 15 is 0 Å². The van der Waals surface area contributed by atoms with Crippen molar-refractivity contribution >= 4 is 31.2 Å². The molecule has 0 saturated carbocycles. The van der Waals surface area contributed by atoms with Gasteiger partial charge in [0.2, 0.25) is 0 Å². The monoisotopic (exact) mass is 1180 g/mol. The summed E-state index contributed by atoms with van der Waals surface area (Å²) in [5.41, 5.74) is 0. The van der Waals surface area contributed by atoms with Crippen molar-refractivity contribution in [1.82, 2.24) is 0 Å². The van der Waals surface area contributed by atoms with E-state index in [9.17, 15) is 95.6 Å². The van der Waals surface area contributed by atoms with Gasteiger partial charge in [0, 0.05) is 26.9 Å². The Labute approximate surface area is 428 Å². The number of ether oxygens (including phenoxy) is 9. The molecular formula is C36H71F3O33S3. The summed E-state index contributed by atoms with van der Waals surface area (Å²) in [5, 5.41) is 126. The van der Waals surface area contributed by atoms with Gasteiger partial charge in [0.15, 0.2) is 31.5 Å². The third-order valence-corrected chi connectivity index (χ3v) is 13.4. The van der Waals surface area contributed by atoms with Crippen molar-refractivity contribution in [3.63, 3.8) is 0 Å². The van der Waals surface area contributed by atoms with Crippen LogP contribution in [0.3, 0.4) is 0 Å². The normalized spacial score (nSPS) is 42.5. The Morgan fingerprint density at radius 1 is 0.400 bits per heavy atom. The second-order valence-electron chi connectivity index (χ2n) is 16.6. The molecule has 25 atom stereocenters. The zero-order chi connectivity index (χ0) is 53.7. The van der Waals surface area contributed by atoms with Crippen LogP contribution in [0.15, 0.2) is 0 Å². The van der Waals surface area contributed by atoms with Crippen molar-refractivity contribution < 1.29 is 169 Å². The first kappa shape index (κ1) is 73.6. The number of halogens is 3. The van der Waals surface area contributed by atoms with Gasteiger partial charge in [0.05, 0.1) is 64.1 Å². The molecule has 39 heteroatoms. The molecule has 5 aliphatic heterocycles. The Hall–Kier alpha value is -1.44. The minimum absolute atomic E-state index is 0. The Morgan fingerprint density at radius 3 is 1.27 bits per heavy atom. The first-order chi connectivity index (χ1) is 33.0. The van der Waals surface area contributed by atoms with E-state index in [1.54, 1.807) is 0 Å². The van der Waals surface area contributed by atoms with Gasteiger partial charge in [-0.25, -0.2) is 12.5 Å². The van der Waals surface area contributed by atoms with Gasteiger partial charge in [-0.05, 0) is 13.8 Å². The minimum atomic E-state index is -5.50. The number of hydrogen-bond donors (Lipinski definition) is 15. The van der Waals surface area contributed by atoms with Crippen molar-refractivity contribution in [2.75, 3.05) is 39.6 Å². The van der Waals surface area contributed by atoms with Crippen LogP contribution in [0.25, 0.3) is 0 Å². The van der Waals surface area contributed by atoms with Crippen LogP contribution in [0.5, 0.6) is 0 Å². The molecule has 5 rings (SSSR count). The van der Waals surface area contributed by atoms with Crippen LogP contribution in [0, 0.1) is 17.8 Å². The Morgan fingerprint density at radius 2 is 0.773 bits per heavy atom. The zero-order valence-corrected chi connectivity index (χ0v) is 39.6. The molecule has 5 aliphatic rings. The van der Waals surface area contributed by atoms with E-state index < -0.39 is 224 Å². The molecule has 33 nitrogen and oxygen atoms in total. The van der Waals surface area contributed by atoms with Crippen LogP contribution in [-0.2, 0) is 86.4 Å². The lowest BCUT2D eigenvalue weighted by Crippen LogP contribution is -2.62. The standard InChI is InChI=1S/C33H58O33S3.3CH4.F2.FH/c1-9-11(5-55-31-22(41)21(40)17(36)10(2)60-31)26(64-67(46,47)48)24(43)32(59-9)57-7-13-18(37)14(3-34)62-30(19(13)38)56-6-12-16(61-29(45)23(42)27(12)65-68(49,50)51)8-58-33-25(44)28(66-69(52,53)54)20(39)15(4-35)63-33;;;;1-2;/h9-45H,3-8H2,1-2H3,(H,46,47,48)(H,49,50,51)(H,52,53,54);3*1H4;;1H/t9?,10?,11-,12+,13-,14?,15?,16?,17-,18-,19?,20+,21+,22?,23?,24?,25?,26+,27-,28-,29?,30-,31-,32-,33-;;;;;/m1...../s1. The van der Waals surface area contributed by atoms with Gasteiger partial charge in [-0.1, -0.05) is 22.3 Å². The number of rotatable bonds is 20. The van der Waals surface area contributed by atoms with Crippen molar-refractivity contribution in [3.05, 3.63) is 0 Å². The molecule has 0 spiro atoms. The maximum atomic E-state index is 11.9. The van der Waals surface area contributed by atoms with Gasteiger partial charge in [-0.3, -0.25) is 18.4 Å². The summed E-state index contributed by atoms with van der Waals surface area (Å²) in [5.74, 6) is -4.68. The summed E-state index contributed by atoms with van der Waals surface area (Å²) in [6.07, 6.45) is -41.4. The summed E-state index contributed by atoms with van der Waals surface area (Å²) in [4.78, 5) is 0. The summed E-state index contributed by atoms with van der Waals surface area (Å²) in [6, 6.07) is 0. The lowest BCUT2D eigenvalue weighted by molar-refractivity contribution is -0.334. The molecule has 452 valence electrons. The lowest BCUT2D eigenvalue weighted by atomic mass is 9.88. The first-order valence-corrected chi connectivity index (χ1v) is 24.9. The molecule has 75 heavy (non-hydrogen) atoms. The van der Waals surface area contributed by atoms with E-state index in [0.29, 0.717) is 0 Å². The maximum absolute atomic E-state index is 11.9. The molecule has 0 bridgehead atoms. The first-order valence-electron chi connectivity index (χ1n) is 20.8. The fourth-order valence-electron chi connectivity index (χ4n) is 8.23. The molecule has 0 aromatic heterocycles. The van der Waals surface area contributed by atoms with E-state index in [1.807, 2.05) is 0 Å². The zero-order valence-electron chi connectivity index (χ0n) is 37.1. The molecule has 0 amide bonds. The summed E-state index contributed by atoms with van der Waals surface area (Å²) in [7, 11) is -16.2. The summed E-state index contributed by atoms with van der Waals surface area (Å²) >= 11 is 0. The molecule has 5 fully saturated rings. The molecule has 5 heterocycles. The van der Waals surface area contributed by atoms with Crippen LogP contribution in [0.1, 0.15) is 36.1 Å². The maximum Gasteiger partial charge on any atom is 0.397 e. The average molecular weight is 1190 g/mol. The van der Waals surface area contributed by atoms with Crippen molar-refractivity contribution in [2.24, 2.45) is 17.8 Å². The highest BCUT2D eigenvalue weighted by atomic mass is 32.3. The summed E-state index contributed by atoms with van der Waals surface area (Å²) in [6.45, 7) is -2.83. The molecule has 0 radical (unpaired) electrons. The number of hydrogen-bond acceptors (Lipinski definition) is 30. The van der Waals surface area contributed by atoms with Crippen molar-refractivity contribution in [3.8, 4) is 0 Å². The highest BCUT2D eigenvalue weighted by molar-refractivity contribution is 7.81. The predicted octanol–water partition coefficient (Wildman–Crippen LogP) is -6.74. The van der Waals surface area contributed by atoms with E-state index in [2.05, 4.69) is 8.37 Å². The predicted molar refractivity (Wildman–Crippen MR) is 234 cm³/mol.